The Kier molecular flexibility index (Phi) is 4.62. The molecule has 98 valence electrons. The monoisotopic (exact) mass is 247 g/mol. The molecule has 0 atom stereocenters. The molecule has 1 saturated carbocycles. The number of carbonyl (C=O) groups is 1. The molecule has 0 heterocycles. The highest BCUT2D eigenvalue weighted by atomic mass is 16.3. The van der Waals surface area contributed by atoms with Crippen LogP contribution in [0.25, 0.3) is 0 Å². The number of rotatable bonds is 4. The summed E-state index contributed by atoms with van der Waals surface area (Å²) in [4.78, 5) is 11.8. The Morgan fingerprint density at radius 1 is 1.22 bits per heavy atom. The molecule has 0 radical (unpaired) electrons. The van der Waals surface area contributed by atoms with E-state index < -0.39 is 0 Å². The predicted molar refractivity (Wildman–Crippen MR) is 71.1 cm³/mol. The van der Waals surface area contributed by atoms with E-state index in [1.807, 2.05) is 12.1 Å². The molecule has 1 aliphatic carbocycles. The minimum atomic E-state index is 0.102. The highest BCUT2D eigenvalue weighted by Gasteiger charge is 2.16. The number of hydrogen-bond donors (Lipinski definition) is 2. The molecule has 2 N–H and O–H groups in total. The zero-order chi connectivity index (χ0) is 12.8. The van der Waals surface area contributed by atoms with E-state index in [0.717, 1.165) is 5.56 Å². The first-order valence-corrected chi connectivity index (χ1v) is 6.79. The first-order chi connectivity index (χ1) is 8.75. The summed E-state index contributed by atoms with van der Waals surface area (Å²) in [6.07, 6.45) is 6.84. The van der Waals surface area contributed by atoms with Gasteiger partial charge >= 0.3 is 0 Å². The molecule has 0 aromatic heterocycles. The Hall–Kier alpha value is -1.51. The van der Waals surface area contributed by atoms with E-state index in [0.29, 0.717) is 18.9 Å². The second-order valence-corrected chi connectivity index (χ2v) is 5.11. The first-order valence-electron chi connectivity index (χ1n) is 6.79. The molecule has 3 heteroatoms. The standard InChI is InChI=1S/C15H21NO2/c17-14-9-5-4-8-13(14)11-16-15(18)10-12-6-2-1-3-7-12/h4-5,8-9,12,17H,1-3,6-7,10-11H2,(H,16,18). The molecule has 1 fully saturated rings. The largest absolute Gasteiger partial charge is 0.508 e. The van der Waals surface area contributed by atoms with Gasteiger partial charge in [-0.3, -0.25) is 4.79 Å². The second kappa shape index (κ2) is 6.43. The van der Waals surface area contributed by atoms with Gasteiger partial charge in [0, 0.05) is 18.5 Å². The maximum atomic E-state index is 11.8. The molecule has 3 nitrogen and oxygen atoms in total. The molecular formula is C15H21NO2. The van der Waals surface area contributed by atoms with Gasteiger partial charge in [-0.05, 0) is 24.8 Å². The van der Waals surface area contributed by atoms with Crippen molar-refractivity contribution in [3.05, 3.63) is 29.8 Å². The summed E-state index contributed by atoms with van der Waals surface area (Å²) < 4.78 is 0. The summed E-state index contributed by atoms with van der Waals surface area (Å²) in [6.45, 7) is 0.415. The Bertz CT molecular complexity index is 397. The van der Waals surface area contributed by atoms with E-state index >= 15 is 0 Å². The lowest BCUT2D eigenvalue weighted by molar-refractivity contribution is -0.122. The molecule has 0 saturated heterocycles. The highest BCUT2D eigenvalue weighted by molar-refractivity contribution is 5.76. The van der Waals surface area contributed by atoms with Crippen molar-refractivity contribution >= 4 is 5.91 Å². The fraction of sp³-hybridized carbons (Fsp3) is 0.533. The molecule has 1 amide bonds. The fourth-order valence-electron chi connectivity index (χ4n) is 2.58. The molecule has 1 aromatic rings. The van der Waals surface area contributed by atoms with Crippen molar-refractivity contribution in [2.45, 2.75) is 45.1 Å². The van der Waals surface area contributed by atoms with Crippen molar-refractivity contribution in [2.75, 3.05) is 0 Å². The third-order valence-electron chi connectivity index (χ3n) is 3.67. The van der Waals surface area contributed by atoms with Gasteiger partial charge in [0.2, 0.25) is 5.91 Å². The predicted octanol–water partition coefficient (Wildman–Crippen LogP) is 2.98. The SMILES string of the molecule is O=C(CC1CCCCC1)NCc1ccccc1O. The fourth-order valence-corrected chi connectivity index (χ4v) is 2.58. The quantitative estimate of drug-likeness (QED) is 0.859. The zero-order valence-corrected chi connectivity index (χ0v) is 10.7. The number of aromatic hydroxyl groups is 1. The maximum absolute atomic E-state index is 11.8. The molecule has 0 unspecified atom stereocenters. The van der Waals surface area contributed by atoms with Crippen LogP contribution in [0.4, 0.5) is 0 Å². The molecule has 0 bridgehead atoms. The van der Waals surface area contributed by atoms with Gasteiger partial charge in [-0.25, -0.2) is 0 Å². The van der Waals surface area contributed by atoms with E-state index in [4.69, 9.17) is 0 Å². The van der Waals surface area contributed by atoms with E-state index in [2.05, 4.69) is 5.32 Å². The first kappa shape index (κ1) is 12.9. The average molecular weight is 247 g/mol. The van der Waals surface area contributed by atoms with Gasteiger partial charge in [0.25, 0.3) is 0 Å². The van der Waals surface area contributed by atoms with Crippen LogP contribution in [-0.2, 0) is 11.3 Å². The number of carbonyl (C=O) groups excluding carboxylic acids is 1. The van der Waals surface area contributed by atoms with Crippen LogP contribution in [0.3, 0.4) is 0 Å². The van der Waals surface area contributed by atoms with Crippen molar-refractivity contribution in [2.24, 2.45) is 5.92 Å². The van der Waals surface area contributed by atoms with E-state index in [1.165, 1.54) is 32.1 Å². The highest BCUT2D eigenvalue weighted by Crippen LogP contribution is 2.26. The summed E-state index contributed by atoms with van der Waals surface area (Å²) in [5.74, 6) is 0.906. The van der Waals surface area contributed by atoms with E-state index in [9.17, 15) is 9.90 Å². The summed E-state index contributed by atoms with van der Waals surface area (Å²) in [5, 5.41) is 12.5. The summed E-state index contributed by atoms with van der Waals surface area (Å²) in [7, 11) is 0. The minimum absolute atomic E-state index is 0.102. The normalized spacial score (nSPS) is 16.4. The molecule has 0 aliphatic heterocycles. The number of benzene rings is 1. The minimum Gasteiger partial charge on any atom is -0.508 e. The number of nitrogens with one attached hydrogen (secondary N) is 1. The number of hydrogen-bond acceptors (Lipinski definition) is 2. The van der Waals surface area contributed by atoms with Crippen molar-refractivity contribution in [3.63, 3.8) is 0 Å². The van der Waals surface area contributed by atoms with Crippen LogP contribution < -0.4 is 5.32 Å². The van der Waals surface area contributed by atoms with Crippen LogP contribution >= 0.6 is 0 Å². The van der Waals surface area contributed by atoms with Crippen LogP contribution in [-0.4, -0.2) is 11.0 Å². The lowest BCUT2D eigenvalue weighted by Gasteiger charge is -2.20. The molecule has 0 spiro atoms. The van der Waals surface area contributed by atoms with Crippen molar-refractivity contribution in [1.29, 1.82) is 0 Å². The second-order valence-electron chi connectivity index (χ2n) is 5.11. The number of phenols is 1. The maximum Gasteiger partial charge on any atom is 0.220 e. The molecule has 18 heavy (non-hydrogen) atoms. The van der Waals surface area contributed by atoms with Crippen LogP contribution in [0.5, 0.6) is 5.75 Å². The molecule has 2 rings (SSSR count). The van der Waals surface area contributed by atoms with Gasteiger partial charge in [0.15, 0.2) is 0 Å². The van der Waals surface area contributed by atoms with Gasteiger partial charge in [-0.15, -0.1) is 0 Å². The average Bonchev–Trinajstić information content (AvgIpc) is 2.39. The number of para-hydroxylation sites is 1. The summed E-state index contributed by atoms with van der Waals surface area (Å²) in [6, 6.07) is 7.11. The Morgan fingerprint density at radius 2 is 1.94 bits per heavy atom. The number of phenolic OH excluding ortho intramolecular Hbond substituents is 1. The van der Waals surface area contributed by atoms with Crippen LogP contribution in [0.2, 0.25) is 0 Å². The van der Waals surface area contributed by atoms with Gasteiger partial charge in [-0.2, -0.15) is 0 Å². The Balaban J connectivity index is 1.76. The number of amides is 1. The Morgan fingerprint density at radius 3 is 2.67 bits per heavy atom. The topological polar surface area (TPSA) is 49.3 Å². The third kappa shape index (κ3) is 3.76. The van der Waals surface area contributed by atoms with Gasteiger partial charge in [-0.1, -0.05) is 37.5 Å². The van der Waals surface area contributed by atoms with Gasteiger partial charge in [0.1, 0.15) is 5.75 Å². The van der Waals surface area contributed by atoms with Crippen LogP contribution in [0, 0.1) is 5.92 Å². The summed E-state index contributed by atoms with van der Waals surface area (Å²) >= 11 is 0. The van der Waals surface area contributed by atoms with Crippen molar-refractivity contribution < 1.29 is 9.90 Å². The zero-order valence-electron chi connectivity index (χ0n) is 10.7. The smallest absolute Gasteiger partial charge is 0.220 e. The van der Waals surface area contributed by atoms with Crippen molar-refractivity contribution in [3.8, 4) is 5.75 Å². The molecular weight excluding hydrogens is 226 g/mol. The van der Waals surface area contributed by atoms with Crippen LogP contribution in [0.1, 0.15) is 44.1 Å². The third-order valence-corrected chi connectivity index (χ3v) is 3.67. The van der Waals surface area contributed by atoms with E-state index in [1.54, 1.807) is 12.1 Å². The van der Waals surface area contributed by atoms with Gasteiger partial charge < -0.3 is 10.4 Å². The van der Waals surface area contributed by atoms with Gasteiger partial charge in [0.05, 0.1) is 0 Å². The summed E-state index contributed by atoms with van der Waals surface area (Å²) in [5.41, 5.74) is 0.773. The van der Waals surface area contributed by atoms with Crippen molar-refractivity contribution in [1.82, 2.24) is 5.32 Å². The molecule has 1 aromatic carbocycles. The van der Waals surface area contributed by atoms with E-state index in [-0.39, 0.29) is 11.7 Å². The lowest BCUT2D eigenvalue weighted by Crippen LogP contribution is -2.25. The van der Waals surface area contributed by atoms with Crippen LogP contribution in [0.15, 0.2) is 24.3 Å². The molecule has 1 aliphatic rings. The Labute approximate surface area is 108 Å². The lowest BCUT2D eigenvalue weighted by atomic mass is 9.87.